The fourth-order valence-electron chi connectivity index (χ4n) is 3.27. The van der Waals surface area contributed by atoms with Crippen molar-refractivity contribution in [2.45, 2.75) is 69.8 Å². The Morgan fingerprint density at radius 1 is 0.950 bits per heavy atom. The molecule has 0 aromatic carbocycles. The number of rotatable bonds is 5. The van der Waals surface area contributed by atoms with Gasteiger partial charge in [0.15, 0.2) is 0 Å². The summed E-state index contributed by atoms with van der Waals surface area (Å²) in [5, 5.41) is 22.2. The van der Waals surface area contributed by atoms with Crippen molar-refractivity contribution in [2.24, 2.45) is 5.41 Å². The predicted octanol–water partition coefficient (Wildman–Crippen LogP) is 1.83. The molecule has 0 atom stereocenters. The van der Waals surface area contributed by atoms with Gasteiger partial charge < -0.3 is 15.5 Å². The van der Waals surface area contributed by atoms with Gasteiger partial charge in [0.05, 0.1) is 11.0 Å². The van der Waals surface area contributed by atoms with E-state index in [0.717, 1.165) is 44.9 Å². The molecule has 0 radical (unpaired) electrons. The Hall–Kier alpha value is -1.10. The van der Waals surface area contributed by atoms with Gasteiger partial charge in [-0.25, -0.2) is 0 Å². The highest BCUT2D eigenvalue weighted by Crippen LogP contribution is 2.38. The fraction of sp³-hybridized carbons (Fsp3) is 0.867. The number of hydrogen-bond donors (Lipinski definition) is 3. The van der Waals surface area contributed by atoms with Crippen LogP contribution in [0.15, 0.2) is 0 Å². The van der Waals surface area contributed by atoms with Gasteiger partial charge in [-0.2, -0.15) is 0 Å². The molecule has 0 heterocycles. The van der Waals surface area contributed by atoms with Crippen molar-refractivity contribution in [3.05, 3.63) is 0 Å². The number of hydrogen-bond acceptors (Lipinski definition) is 3. The average molecular weight is 283 g/mol. The molecule has 0 aliphatic heterocycles. The van der Waals surface area contributed by atoms with Gasteiger partial charge in [-0.05, 0) is 32.1 Å². The lowest BCUT2D eigenvalue weighted by Crippen LogP contribution is -2.49. The van der Waals surface area contributed by atoms with Crippen LogP contribution in [0.25, 0.3) is 0 Å². The first-order valence-electron chi connectivity index (χ1n) is 7.68. The molecule has 114 valence electrons. The molecule has 2 aliphatic rings. The Bertz CT molecular complexity index is 368. The topological polar surface area (TPSA) is 86.6 Å². The third-order valence-electron chi connectivity index (χ3n) is 4.91. The number of carbonyl (C=O) groups excluding carboxylic acids is 1. The molecule has 5 nitrogen and oxygen atoms in total. The Morgan fingerprint density at radius 3 is 2.00 bits per heavy atom. The van der Waals surface area contributed by atoms with Crippen LogP contribution in [0.4, 0.5) is 0 Å². The molecule has 3 N–H and O–H groups in total. The van der Waals surface area contributed by atoms with E-state index in [1.165, 1.54) is 0 Å². The first-order chi connectivity index (χ1) is 9.46. The summed E-state index contributed by atoms with van der Waals surface area (Å²) in [7, 11) is 0. The first-order valence-corrected chi connectivity index (χ1v) is 7.68. The van der Waals surface area contributed by atoms with Crippen LogP contribution in [0.2, 0.25) is 0 Å². The summed E-state index contributed by atoms with van der Waals surface area (Å²) in [6.07, 6.45) is 7.50. The number of carboxylic acids is 1. The molecular formula is C15H25NO4. The highest BCUT2D eigenvalue weighted by atomic mass is 16.4. The molecule has 2 fully saturated rings. The van der Waals surface area contributed by atoms with Crippen molar-refractivity contribution >= 4 is 11.9 Å². The SMILES string of the molecule is O=C(CC1(C(=O)O)CCCCCC1)NCC1(O)CCC1. The lowest BCUT2D eigenvalue weighted by Gasteiger charge is -2.37. The van der Waals surface area contributed by atoms with Crippen LogP contribution in [-0.2, 0) is 9.59 Å². The molecule has 0 saturated heterocycles. The molecule has 5 heteroatoms. The molecule has 0 aromatic rings. The van der Waals surface area contributed by atoms with E-state index in [4.69, 9.17) is 0 Å². The summed E-state index contributed by atoms with van der Waals surface area (Å²) in [6.45, 7) is 0.252. The maximum atomic E-state index is 12.0. The van der Waals surface area contributed by atoms with E-state index in [9.17, 15) is 19.8 Å². The van der Waals surface area contributed by atoms with E-state index in [-0.39, 0.29) is 18.9 Å². The maximum Gasteiger partial charge on any atom is 0.310 e. The van der Waals surface area contributed by atoms with Crippen molar-refractivity contribution in [1.29, 1.82) is 0 Å². The van der Waals surface area contributed by atoms with Crippen molar-refractivity contribution in [3.8, 4) is 0 Å². The van der Waals surface area contributed by atoms with Crippen LogP contribution in [0, 0.1) is 5.41 Å². The van der Waals surface area contributed by atoms with E-state index in [1.807, 2.05) is 0 Å². The summed E-state index contributed by atoms with van der Waals surface area (Å²) in [6, 6.07) is 0. The summed E-state index contributed by atoms with van der Waals surface area (Å²) in [4.78, 5) is 23.6. The zero-order valence-corrected chi connectivity index (χ0v) is 12.0. The minimum Gasteiger partial charge on any atom is -0.481 e. The number of aliphatic carboxylic acids is 1. The fourth-order valence-corrected chi connectivity index (χ4v) is 3.27. The molecule has 2 saturated carbocycles. The van der Waals surface area contributed by atoms with Crippen molar-refractivity contribution in [2.75, 3.05) is 6.54 Å². The average Bonchev–Trinajstić information content (AvgIpc) is 2.60. The van der Waals surface area contributed by atoms with Gasteiger partial charge in [0.25, 0.3) is 0 Å². The Morgan fingerprint density at radius 2 is 1.55 bits per heavy atom. The number of amides is 1. The summed E-state index contributed by atoms with van der Waals surface area (Å²) in [5.74, 6) is -1.09. The van der Waals surface area contributed by atoms with Crippen LogP contribution in [0.1, 0.15) is 64.2 Å². The molecular weight excluding hydrogens is 258 g/mol. The predicted molar refractivity (Wildman–Crippen MR) is 74.2 cm³/mol. The Kier molecular flexibility index (Phi) is 4.68. The molecule has 2 rings (SSSR count). The number of carbonyl (C=O) groups is 2. The van der Waals surface area contributed by atoms with E-state index in [2.05, 4.69) is 5.32 Å². The first kappa shape index (κ1) is 15.3. The minimum atomic E-state index is -0.900. The van der Waals surface area contributed by atoms with Crippen molar-refractivity contribution < 1.29 is 19.8 Å². The van der Waals surface area contributed by atoms with Crippen LogP contribution in [0.5, 0.6) is 0 Å². The summed E-state index contributed by atoms with van der Waals surface area (Å²) in [5.41, 5.74) is -1.65. The number of aliphatic hydroxyl groups is 1. The molecule has 20 heavy (non-hydrogen) atoms. The Labute approximate surface area is 119 Å². The lowest BCUT2D eigenvalue weighted by molar-refractivity contribution is -0.153. The highest BCUT2D eigenvalue weighted by Gasteiger charge is 2.41. The van der Waals surface area contributed by atoms with Crippen LogP contribution in [0.3, 0.4) is 0 Å². The normalized spacial score (nSPS) is 24.2. The van der Waals surface area contributed by atoms with E-state index in [0.29, 0.717) is 12.8 Å². The Balaban J connectivity index is 1.89. The van der Waals surface area contributed by atoms with E-state index in [1.54, 1.807) is 0 Å². The number of carboxylic acid groups (broad SMARTS) is 1. The van der Waals surface area contributed by atoms with Gasteiger partial charge in [-0.15, -0.1) is 0 Å². The second kappa shape index (κ2) is 6.12. The van der Waals surface area contributed by atoms with Gasteiger partial charge in [0, 0.05) is 13.0 Å². The molecule has 0 unspecified atom stereocenters. The molecule has 0 spiro atoms. The van der Waals surface area contributed by atoms with E-state index >= 15 is 0 Å². The smallest absolute Gasteiger partial charge is 0.310 e. The van der Waals surface area contributed by atoms with Crippen LogP contribution < -0.4 is 5.32 Å². The monoisotopic (exact) mass is 283 g/mol. The second-order valence-electron chi connectivity index (χ2n) is 6.53. The maximum absolute atomic E-state index is 12.0. The van der Waals surface area contributed by atoms with Crippen LogP contribution >= 0.6 is 0 Å². The number of nitrogens with one attached hydrogen (secondary N) is 1. The third-order valence-corrected chi connectivity index (χ3v) is 4.91. The zero-order valence-electron chi connectivity index (χ0n) is 12.0. The zero-order chi connectivity index (χ0) is 14.6. The highest BCUT2D eigenvalue weighted by molar-refractivity contribution is 5.85. The third kappa shape index (κ3) is 3.51. The second-order valence-corrected chi connectivity index (χ2v) is 6.53. The van der Waals surface area contributed by atoms with E-state index < -0.39 is 17.0 Å². The van der Waals surface area contributed by atoms with Gasteiger partial charge in [0.1, 0.15) is 0 Å². The molecule has 0 aromatic heterocycles. The summed E-state index contributed by atoms with van der Waals surface area (Å²) < 4.78 is 0. The van der Waals surface area contributed by atoms with Gasteiger partial charge >= 0.3 is 5.97 Å². The van der Waals surface area contributed by atoms with Gasteiger partial charge in [-0.3, -0.25) is 9.59 Å². The standard InChI is InChI=1S/C15H25NO4/c17-12(16-11-15(20)8-5-9-15)10-14(13(18)19)6-3-1-2-4-7-14/h20H,1-11H2,(H,16,17)(H,18,19). The summed E-state index contributed by atoms with van der Waals surface area (Å²) >= 11 is 0. The van der Waals surface area contributed by atoms with Gasteiger partial charge in [0.2, 0.25) is 5.91 Å². The van der Waals surface area contributed by atoms with Gasteiger partial charge in [-0.1, -0.05) is 25.7 Å². The largest absolute Gasteiger partial charge is 0.481 e. The van der Waals surface area contributed by atoms with Crippen molar-refractivity contribution in [1.82, 2.24) is 5.32 Å². The molecule has 2 aliphatic carbocycles. The quantitative estimate of drug-likeness (QED) is 0.672. The molecule has 0 bridgehead atoms. The minimum absolute atomic E-state index is 0.0401. The molecule has 1 amide bonds. The van der Waals surface area contributed by atoms with Crippen molar-refractivity contribution in [3.63, 3.8) is 0 Å². The van der Waals surface area contributed by atoms with Crippen LogP contribution in [-0.4, -0.2) is 34.2 Å². The lowest BCUT2D eigenvalue weighted by atomic mass is 9.77.